The molecular formula is C21H23N7O2. The van der Waals surface area contributed by atoms with Crippen LogP contribution in [0.1, 0.15) is 25.5 Å². The maximum absolute atomic E-state index is 12.7. The van der Waals surface area contributed by atoms with Crippen LogP contribution in [0.4, 0.5) is 11.6 Å². The molecular weight excluding hydrogens is 382 g/mol. The molecule has 0 saturated carbocycles. The highest BCUT2D eigenvalue weighted by Gasteiger charge is 2.27. The van der Waals surface area contributed by atoms with Crippen LogP contribution in [0, 0.1) is 12.8 Å². The molecule has 2 amide bonds. The van der Waals surface area contributed by atoms with Crippen LogP contribution in [0.5, 0.6) is 0 Å². The predicted octanol–water partition coefficient (Wildman–Crippen LogP) is 2.45. The lowest BCUT2D eigenvalue weighted by molar-refractivity contribution is -0.122. The van der Waals surface area contributed by atoms with Gasteiger partial charge in [0.25, 0.3) is 0 Å². The molecule has 1 atom stereocenters. The molecule has 30 heavy (non-hydrogen) atoms. The van der Waals surface area contributed by atoms with E-state index in [-0.39, 0.29) is 24.7 Å². The van der Waals surface area contributed by atoms with Gasteiger partial charge in [0.1, 0.15) is 5.82 Å². The van der Waals surface area contributed by atoms with Crippen molar-refractivity contribution >= 4 is 23.5 Å². The third-order valence-corrected chi connectivity index (χ3v) is 4.89. The van der Waals surface area contributed by atoms with Crippen molar-refractivity contribution in [1.82, 2.24) is 25.0 Å². The molecule has 0 aliphatic carbocycles. The van der Waals surface area contributed by atoms with E-state index in [2.05, 4.69) is 32.5 Å². The van der Waals surface area contributed by atoms with Crippen molar-refractivity contribution in [1.29, 1.82) is 0 Å². The Morgan fingerprint density at radius 3 is 2.77 bits per heavy atom. The van der Waals surface area contributed by atoms with E-state index >= 15 is 0 Å². The highest BCUT2D eigenvalue weighted by atomic mass is 16.2. The zero-order valence-electron chi connectivity index (χ0n) is 16.9. The average molecular weight is 405 g/mol. The van der Waals surface area contributed by atoms with Gasteiger partial charge in [-0.3, -0.25) is 19.5 Å². The second-order valence-corrected chi connectivity index (χ2v) is 7.53. The van der Waals surface area contributed by atoms with E-state index in [4.69, 9.17) is 0 Å². The highest BCUT2D eigenvalue weighted by molar-refractivity contribution is 5.97. The first-order valence-corrected chi connectivity index (χ1v) is 9.88. The molecule has 0 aromatic carbocycles. The van der Waals surface area contributed by atoms with Gasteiger partial charge in [-0.05, 0) is 37.1 Å². The summed E-state index contributed by atoms with van der Waals surface area (Å²) in [5.74, 6) is 1.09. The number of hydrogen-bond donors (Lipinski definition) is 1. The van der Waals surface area contributed by atoms with Crippen molar-refractivity contribution in [3.63, 3.8) is 0 Å². The van der Waals surface area contributed by atoms with Gasteiger partial charge in [0.2, 0.25) is 11.8 Å². The highest BCUT2D eigenvalue weighted by Crippen LogP contribution is 2.25. The number of nitrogens with zero attached hydrogens (tertiary/aromatic N) is 6. The first kappa shape index (κ1) is 19.7. The van der Waals surface area contributed by atoms with Crippen LogP contribution in [-0.2, 0) is 16.1 Å². The van der Waals surface area contributed by atoms with Gasteiger partial charge in [0.15, 0.2) is 5.82 Å². The standard InChI is InChI=1S/C21H23N7O2/c1-14-12-27(20-10-15(2)26-28(20)13-14)21(30)8-7-19(29)23-18-6-5-17(24-25-18)16-4-3-9-22-11-16/h3-6,9-11,14H,7-8,12-13H2,1-2H3,(H,23,25,29). The second kappa shape index (κ2) is 8.40. The molecule has 0 radical (unpaired) electrons. The van der Waals surface area contributed by atoms with E-state index in [0.717, 1.165) is 23.6 Å². The summed E-state index contributed by atoms with van der Waals surface area (Å²) in [6.07, 6.45) is 3.57. The van der Waals surface area contributed by atoms with Crippen molar-refractivity contribution < 1.29 is 9.59 Å². The molecule has 4 rings (SSSR count). The number of fused-ring (bicyclic) bond motifs is 1. The van der Waals surface area contributed by atoms with Crippen LogP contribution in [0.25, 0.3) is 11.3 Å². The van der Waals surface area contributed by atoms with Gasteiger partial charge >= 0.3 is 0 Å². The number of anilines is 2. The van der Waals surface area contributed by atoms with Gasteiger partial charge in [0, 0.05) is 50.0 Å². The SMILES string of the molecule is Cc1cc2n(n1)CC(C)CN2C(=O)CCC(=O)Nc1ccc(-c2cccnc2)nn1. The minimum atomic E-state index is -0.276. The van der Waals surface area contributed by atoms with E-state index in [1.165, 1.54) is 0 Å². The lowest BCUT2D eigenvalue weighted by Crippen LogP contribution is -2.41. The number of nitrogens with one attached hydrogen (secondary N) is 1. The molecule has 0 spiro atoms. The molecule has 9 nitrogen and oxygen atoms in total. The first-order valence-electron chi connectivity index (χ1n) is 9.88. The third kappa shape index (κ3) is 4.35. The summed E-state index contributed by atoms with van der Waals surface area (Å²) >= 11 is 0. The zero-order valence-corrected chi connectivity index (χ0v) is 16.9. The summed E-state index contributed by atoms with van der Waals surface area (Å²) in [4.78, 5) is 30.8. The molecule has 4 heterocycles. The normalized spacial score (nSPS) is 15.5. The maximum Gasteiger partial charge on any atom is 0.228 e. The van der Waals surface area contributed by atoms with Gasteiger partial charge in [0.05, 0.1) is 11.4 Å². The van der Waals surface area contributed by atoms with Crippen LogP contribution in [0.3, 0.4) is 0 Å². The Balaban J connectivity index is 1.33. The van der Waals surface area contributed by atoms with Crippen molar-refractivity contribution in [3.8, 4) is 11.3 Å². The van der Waals surface area contributed by atoms with Crippen LogP contribution in [0.2, 0.25) is 0 Å². The quantitative estimate of drug-likeness (QED) is 0.699. The summed E-state index contributed by atoms with van der Waals surface area (Å²) in [6, 6.07) is 9.06. The van der Waals surface area contributed by atoms with Crippen molar-refractivity contribution in [2.75, 3.05) is 16.8 Å². The molecule has 1 unspecified atom stereocenters. The summed E-state index contributed by atoms with van der Waals surface area (Å²) < 4.78 is 1.86. The number of rotatable bonds is 5. The average Bonchev–Trinajstić information content (AvgIpc) is 3.12. The summed E-state index contributed by atoms with van der Waals surface area (Å²) in [7, 11) is 0. The van der Waals surface area contributed by atoms with Crippen LogP contribution >= 0.6 is 0 Å². The van der Waals surface area contributed by atoms with Gasteiger partial charge in [-0.2, -0.15) is 5.10 Å². The van der Waals surface area contributed by atoms with Crippen LogP contribution < -0.4 is 10.2 Å². The minimum absolute atomic E-state index is 0.0723. The van der Waals surface area contributed by atoms with E-state index in [9.17, 15) is 9.59 Å². The number of carbonyl (C=O) groups is 2. The topological polar surface area (TPSA) is 106 Å². The number of aromatic nitrogens is 5. The number of aryl methyl sites for hydroxylation is 1. The molecule has 3 aromatic heterocycles. The smallest absolute Gasteiger partial charge is 0.228 e. The maximum atomic E-state index is 12.7. The molecule has 1 aliphatic rings. The molecule has 154 valence electrons. The summed E-state index contributed by atoms with van der Waals surface area (Å²) in [5, 5.41) is 15.3. The predicted molar refractivity (Wildman–Crippen MR) is 112 cm³/mol. The number of carbonyl (C=O) groups excluding carboxylic acids is 2. The molecule has 9 heteroatoms. The van der Waals surface area contributed by atoms with Crippen molar-refractivity contribution in [2.24, 2.45) is 5.92 Å². The summed E-state index contributed by atoms with van der Waals surface area (Å²) in [5.41, 5.74) is 2.39. The number of hydrogen-bond acceptors (Lipinski definition) is 6. The van der Waals surface area contributed by atoms with Gasteiger partial charge in [-0.25, -0.2) is 4.68 Å². The van der Waals surface area contributed by atoms with E-state index in [0.29, 0.717) is 24.0 Å². The second-order valence-electron chi connectivity index (χ2n) is 7.53. The fraction of sp³-hybridized carbons (Fsp3) is 0.333. The van der Waals surface area contributed by atoms with Gasteiger partial charge < -0.3 is 5.32 Å². The van der Waals surface area contributed by atoms with E-state index in [1.807, 2.05) is 29.8 Å². The number of pyridine rings is 1. The molecule has 0 saturated heterocycles. The lowest BCUT2D eigenvalue weighted by Gasteiger charge is -2.31. The Morgan fingerprint density at radius 1 is 1.17 bits per heavy atom. The molecule has 0 bridgehead atoms. The molecule has 1 N–H and O–H groups in total. The lowest BCUT2D eigenvalue weighted by atomic mass is 10.1. The fourth-order valence-corrected chi connectivity index (χ4v) is 3.50. The number of amides is 2. The summed E-state index contributed by atoms with van der Waals surface area (Å²) in [6.45, 7) is 5.42. The first-order chi connectivity index (χ1) is 14.5. The third-order valence-electron chi connectivity index (χ3n) is 4.89. The molecule has 1 aliphatic heterocycles. The fourth-order valence-electron chi connectivity index (χ4n) is 3.50. The zero-order chi connectivity index (χ0) is 21.1. The minimum Gasteiger partial charge on any atom is -0.309 e. The van der Waals surface area contributed by atoms with Gasteiger partial charge in [-0.15, -0.1) is 10.2 Å². The Morgan fingerprint density at radius 2 is 2.03 bits per heavy atom. The Hall–Kier alpha value is -3.62. The monoisotopic (exact) mass is 405 g/mol. The van der Waals surface area contributed by atoms with E-state index < -0.39 is 0 Å². The Kier molecular flexibility index (Phi) is 5.51. The van der Waals surface area contributed by atoms with E-state index in [1.54, 1.807) is 29.4 Å². The Labute approximate surface area is 174 Å². The largest absolute Gasteiger partial charge is 0.309 e. The van der Waals surface area contributed by atoms with Crippen molar-refractivity contribution in [2.45, 2.75) is 33.2 Å². The van der Waals surface area contributed by atoms with Crippen molar-refractivity contribution in [3.05, 3.63) is 48.4 Å². The van der Waals surface area contributed by atoms with Crippen LogP contribution in [0.15, 0.2) is 42.7 Å². The molecule has 0 fully saturated rings. The van der Waals surface area contributed by atoms with Crippen LogP contribution in [-0.4, -0.2) is 43.3 Å². The molecule has 3 aromatic rings. The van der Waals surface area contributed by atoms with Gasteiger partial charge in [-0.1, -0.05) is 6.92 Å². The Bertz CT molecular complexity index is 1050.